The zero-order chi connectivity index (χ0) is 21.1. The quantitative estimate of drug-likeness (QED) is 0.702. The Morgan fingerprint density at radius 1 is 1.17 bits per heavy atom. The molecule has 0 saturated carbocycles. The SMILES string of the molecule is CC[C@@H](C)NC(=O)N1CCN(Cc2nc3cccnc3n2-c2ccc(F)cc2)CC1. The van der Waals surface area contributed by atoms with E-state index in [9.17, 15) is 9.18 Å². The van der Waals surface area contributed by atoms with E-state index >= 15 is 0 Å². The minimum absolute atomic E-state index is 0.00625. The first-order chi connectivity index (χ1) is 14.5. The average molecular weight is 410 g/mol. The van der Waals surface area contributed by atoms with Gasteiger partial charge in [-0.3, -0.25) is 9.47 Å². The molecule has 4 rings (SSSR count). The summed E-state index contributed by atoms with van der Waals surface area (Å²) in [6, 6.07) is 10.4. The second-order valence-corrected chi connectivity index (χ2v) is 7.71. The van der Waals surface area contributed by atoms with E-state index in [1.165, 1.54) is 12.1 Å². The van der Waals surface area contributed by atoms with Gasteiger partial charge in [-0.15, -0.1) is 0 Å². The summed E-state index contributed by atoms with van der Waals surface area (Å²) < 4.78 is 15.4. The summed E-state index contributed by atoms with van der Waals surface area (Å²) in [6.45, 7) is 7.61. The predicted octanol–water partition coefficient (Wildman–Crippen LogP) is 3.19. The summed E-state index contributed by atoms with van der Waals surface area (Å²) in [4.78, 5) is 25.8. The molecule has 1 aliphatic rings. The third-order valence-electron chi connectivity index (χ3n) is 5.58. The maximum atomic E-state index is 13.4. The van der Waals surface area contributed by atoms with Crippen molar-refractivity contribution in [2.45, 2.75) is 32.9 Å². The zero-order valence-electron chi connectivity index (χ0n) is 17.4. The van der Waals surface area contributed by atoms with Gasteiger partial charge in [0.25, 0.3) is 0 Å². The van der Waals surface area contributed by atoms with E-state index in [2.05, 4.69) is 22.1 Å². The Labute approximate surface area is 175 Å². The molecule has 1 N–H and O–H groups in total. The van der Waals surface area contributed by atoms with Crippen LogP contribution in [0.15, 0.2) is 42.6 Å². The number of rotatable bonds is 5. The van der Waals surface area contributed by atoms with Crippen LogP contribution in [-0.2, 0) is 6.54 Å². The summed E-state index contributed by atoms with van der Waals surface area (Å²) in [6.07, 6.45) is 2.65. The molecule has 30 heavy (non-hydrogen) atoms. The first-order valence-corrected chi connectivity index (χ1v) is 10.4. The van der Waals surface area contributed by atoms with Gasteiger partial charge in [0.2, 0.25) is 0 Å². The normalized spacial score (nSPS) is 16.0. The smallest absolute Gasteiger partial charge is 0.317 e. The fraction of sp³-hybridized carbons (Fsp3) is 0.409. The molecular formula is C22H27FN6O. The number of urea groups is 1. The number of nitrogens with one attached hydrogen (secondary N) is 1. The minimum atomic E-state index is -0.274. The number of carbonyl (C=O) groups is 1. The first kappa shape index (κ1) is 20.3. The van der Waals surface area contributed by atoms with Gasteiger partial charge in [-0.05, 0) is 49.7 Å². The molecular weight excluding hydrogens is 383 g/mol. The molecule has 158 valence electrons. The lowest BCUT2D eigenvalue weighted by molar-refractivity contribution is 0.131. The van der Waals surface area contributed by atoms with E-state index in [0.29, 0.717) is 19.6 Å². The Kier molecular flexibility index (Phi) is 5.94. The van der Waals surface area contributed by atoms with Crippen molar-refractivity contribution < 1.29 is 9.18 Å². The molecule has 1 atom stereocenters. The predicted molar refractivity (Wildman–Crippen MR) is 114 cm³/mol. The molecule has 3 aromatic rings. The van der Waals surface area contributed by atoms with Crippen LogP contribution in [0.2, 0.25) is 0 Å². The molecule has 1 saturated heterocycles. The number of aromatic nitrogens is 3. The fourth-order valence-electron chi connectivity index (χ4n) is 3.64. The van der Waals surface area contributed by atoms with Gasteiger partial charge < -0.3 is 10.2 Å². The number of hydrogen-bond donors (Lipinski definition) is 1. The fourth-order valence-corrected chi connectivity index (χ4v) is 3.64. The van der Waals surface area contributed by atoms with E-state index in [-0.39, 0.29) is 17.9 Å². The molecule has 0 unspecified atom stereocenters. The second-order valence-electron chi connectivity index (χ2n) is 7.71. The van der Waals surface area contributed by atoms with Crippen molar-refractivity contribution in [3.63, 3.8) is 0 Å². The van der Waals surface area contributed by atoms with E-state index < -0.39 is 0 Å². The molecule has 1 fully saturated rings. The zero-order valence-corrected chi connectivity index (χ0v) is 17.4. The molecule has 0 aliphatic carbocycles. The number of carbonyl (C=O) groups excluding carboxylic acids is 1. The van der Waals surface area contributed by atoms with Crippen molar-refractivity contribution in [2.75, 3.05) is 26.2 Å². The molecule has 3 heterocycles. The summed E-state index contributed by atoms with van der Waals surface area (Å²) in [7, 11) is 0. The summed E-state index contributed by atoms with van der Waals surface area (Å²) >= 11 is 0. The molecule has 0 radical (unpaired) electrons. The lowest BCUT2D eigenvalue weighted by Gasteiger charge is -2.35. The van der Waals surface area contributed by atoms with Crippen LogP contribution in [0.1, 0.15) is 26.1 Å². The number of piperazine rings is 1. The maximum Gasteiger partial charge on any atom is 0.317 e. The number of amides is 2. The Bertz CT molecular complexity index is 1010. The third-order valence-corrected chi connectivity index (χ3v) is 5.58. The number of hydrogen-bond acceptors (Lipinski definition) is 4. The molecule has 0 spiro atoms. The monoisotopic (exact) mass is 410 g/mol. The van der Waals surface area contributed by atoms with E-state index in [0.717, 1.165) is 42.2 Å². The number of halogens is 1. The second kappa shape index (κ2) is 8.79. The van der Waals surface area contributed by atoms with Crippen molar-refractivity contribution >= 4 is 17.2 Å². The Hall–Kier alpha value is -3.00. The van der Waals surface area contributed by atoms with Crippen LogP contribution in [0.4, 0.5) is 9.18 Å². The Morgan fingerprint density at radius 3 is 2.60 bits per heavy atom. The number of nitrogens with zero attached hydrogens (tertiary/aromatic N) is 5. The standard InChI is InChI=1S/C22H27FN6O/c1-3-16(2)25-22(30)28-13-11-27(12-14-28)15-20-26-19-5-4-10-24-21(19)29(20)18-8-6-17(23)7-9-18/h4-10,16H,3,11-15H2,1-2H3,(H,25,30)/t16-/m1/s1. The van der Waals surface area contributed by atoms with E-state index in [4.69, 9.17) is 4.98 Å². The van der Waals surface area contributed by atoms with Crippen LogP contribution in [0.5, 0.6) is 0 Å². The van der Waals surface area contributed by atoms with Crippen LogP contribution in [-0.4, -0.2) is 62.6 Å². The van der Waals surface area contributed by atoms with Crippen molar-refractivity contribution in [3.05, 3.63) is 54.2 Å². The largest absolute Gasteiger partial charge is 0.336 e. The number of pyridine rings is 1. The van der Waals surface area contributed by atoms with Crippen molar-refractivity contribution in [1.82, 2.24) is 29.7 Å². The molecule has 1 aromatic carbocycles. The van der Waals surface area contributed by atoms with Crippen molar-refractivity contribution in [1.29, 1.82) is 0 Å². The van der Waals surface area contributed by atoms with Crippen LogP contribution in [0.3, 0.4) is 0 Å². The van der Waals surface area contributed by atoms with Gasteiger partial charge >= 0.3 is 6.03 Å². The maximum absolute atomic E-state index is 13.4. The summed E-state index contributed by atoms with van der Waals surface area (Å²) in [5, 5.41) is 3.03. The first-order valence-electron chi connectivity index (χ1n) is 10.4. The highest BCUT2D eigenvalue weighted by molar-refractivity contribution is 5.75. The van der Waals surface area contributed by atoms with Gasteiger partial charge in [-0.25, -0.2) is 19.2 Å². The minimum Gasteiger partial charge on any atom is -0.336 e. The molecule has 2 amide bonds. The number of benzene rings is 1. The van der Waals surface area contributed by atoms with Gasteiger partial charge in [-0.2, -0.15) is 0 Å². The molecule has 8 heteroatoms. The topological polar surface area (TPSA) is 66.3 Å². The van der Waals surface area contributed by atoms with Crippen LogP contribution < -0.4 is 5.32 Å². The van der Waals surface area contributed by atoms with E-state index in [1.54, 1.807) is 18.3 Å². The van der Waals surface area contributed by atoms with Gasteiger partial charge in [0.05, 0.1) is 6.54 Å². The van der Waals surface area contributed by atoms with Gasteiger partial charge in [0.1, 0.15) is 17.2 Å². The van der Waals surface area contributed by atoms with E-state index in [1.807, 2.05) is 28.5 Å². The molecule has 2 aromatic heterocycles. The van der Waals surface area contributed by atoms with Gasteiger partial charge in [0, 0.05) is 44.1 Å². The highest BCUT2D eigenvalue weighted by atomic mass is 19.1. The van der Waals surface area contributed by atoms with Gasteiger partial charge in [0.15, 0.2) is 5.65 Å². The van der Waals surface area contributed by atoms with Crippen LogP contribution in [0, 0.1) is 5.82 Å². The molecule has 7 nitrogen and oxygen atoms in total. The average Bonchev–Trinajstić information content (AvgIpc) is 3.12. The third kappa shape index (κ3) is 4.28. The Morgan fingerprint density at radius 2 is 1.90 bits per heavy atom. The Balaban J connectivity index is 1.50. The van der Waals surface area contributed by atoms with Crippen molar-refractivity contribution in [2.24, 2.45) is 0 Å². The summed E-state index contributed by atoms with van der Waals surface area (Å²) in [5.41, 5.74) is 2.40. The highest BCUT2D eigenvalue weighted by Crippen LogP contribution is 2.21. The number of fused-ring (bicyclic) bond motifs is 1. The lowest BCUT2D eigenvalue weighted by Crippen LogP contribution is -2.52. The molecule has 0 bridgehead atoms. The lowest BCUT2D eigenvalue weighted by atomic mass is 10.2. The van der Waals surface area contributed by atoms with Crippen molar-refractivity contribution in [3.8, 4) is 5.69 Å². The number of imidazole rings is 1. The van der Waals surface area contributed by atoms with Crippen LogP contribution in [0.25, 0.3) is 16.9 Å². The van der Waals surface area contributed by atoms with Gasteiger partial charge in [-0.1, -0.05) is 6.92 Å². The molecule has 1 aliphatic heterocycles. The van der Waals surface area contributed by atoms with Crippen LogP contribution >= 0.6 is 0 Å². The summed E-state index contributed by atoms with van der Waals surface area (Å²) in [5.74, 6) is 0.581. The highest BCUT2D eigenvalue weighted by Gasteiger charge is 2.24.